The van der Waals surface area contributed by atoms with Gasteiger partial charge in [-0.05, 0) is 42.5 Å². The van der Waals surface area contributed by atoms with E-state index in [0.29, 0.717) is 11.6 Å². The van der Waals surface area contributed by atoms with Gasteiger partial charge in [0.1, 0.15) is 11.6 Å². The van der Waals surface area contributed by atoms with Gasteiger partial charge < -0.3 is 15.4 Å². The van der Waals surface area contributed by atoms with E-state index < -0.39 is 0 Å². The Hall–Kier alpha value is -2.86. The SMILES string of the molecule is O=C(COc1ccccc1)Nc1ccc(Nc2cccc(Br)c2)cn1. The van der Waals surface area contributed by atoms with Crippen molar-refractivity contribution >= 4 is 39.0 Å². The summed E-state index contributed by atoms with van der Waals surface area (Å²) in [6.45, 7) is -0.0657. The maximum Gasteiger partial charge on any atom is 0.263 e. The molecule has 0 saturated heterocycles. The van der Waals surface area contributed by atoms with Crippen molar-refractivity contribution in [1.82, 2.24) is 4.98 Å². The molecule has 25 heavy (non-hydrogen) atoms. The summed E-state index contributed by atoms with van der Waals surface area (Å²) in [4.78, 5) is 16.1. The second-order valence-electron chi connectivity index (χ2n) is 5.22. The molecule has 2 N–H and O–H groups in total. The smallest absolute Gasteiger partial charge is 0.263 e. The lowest BCUT2D eigenvalue weighted by atomic mass is 10.3. The predicted molar refractivity (Wildman–Crippen MR) is 102 cm³/mol. The van der Waals surface area contributed by atoms with Crippen LogP contribution in [-0.4, -0.2) is 17.5 Å². The summed E-state index contributed by atoms with van der Waals surface area (Å²) < 4.78 is 6.39. The molecule has 6 heteroatoms. The van der Waals surface area contributed by atoms with Crippen molar-refractivity contribution in [2.24, 2.45) is 0 Å². The topological polar surface area (TPSA) is 63.2 Å². The van der Waals surface area contributed by atoms with Gasteiger partial charge in [0.25, 0.3) is 5.91 Å². The van der Waals surface area contributed by atoms with Crippen molar-refractivity contribution < 1.29 is 9.53 Å². The number of pyridine rings is 1. The lowest BCUT2D eigenvalue weighted by Gasteiger charge is -2.09. The zero-order valence-electron chi connectivity index (χ0n) is 13.3. The van der Waals surface area contributed by atoms with Crippen molar-refractivity contribution in [2.75, 3.05) is 17.2 Å². The molecule has 0 bridgehead atoms. The van der Waals surface area contributed by atoms with Gasteiger partial charge in [-0.15, -0.1) is 0 Å². The highest BCUT2D eigenvalue weighted by atomic mass is 79.9. The third-order valence-corrected chi connectivity index (χ3v) is 3.75. The molecule has 3 rings (SSSR count). The Morgan fingerprint density at radius 2 is 1.84 bits per heavy atom. The van der Waals surface area contributed by atoms with Gasteiger partial charge in [-0.1, -0.05) is 40.2 Å². The van der Waals surface area contributed by atoms with Crippen LogP contribution in [0.5, 0.6) is 5.75 Å². The Morgan fingerprint density at radius 3 is 2.56 bits per heavy atom. The lowest BCUT2D eigenvalue weighted by molar-refractivity contribution is -0.118. The summed E-state index contributed by atoms with van der Waals surface area (Å²) in [5.41, 5.74) is 1.78. The second-order valence-corrected chi connectivity index (χ2v) is 6.13. The molecular weight excluding hydrogens is 382 g/mol. The molecule has 0 aliphatic rings. The van der Waals surface area contributed by atoms with Crippen LogP contribution in [0.1, 0.15) is 0 Å². The molecule has 1 heterocycles. The van der Waals surface area contributed by atoms with Crippen LogP contribution in [0, 0.1) is 0 Å². The Bertz CT molecular complexity index is 839. The van der Waals surface area contributed by atoms with Crippen LogP contribution < -0.4 is 15.4 Å². The van der Waals surface area contributed by atoms with E-state index in [4.69, 9.17) is 4.74 Å². The van der Waals surface area contributed by atoms with Gasteiger partial charge in [-0.2, -0.15) is 0 Å². The number of carbonyl (C=O) groups excluding carboxylic acids is 1. The number of halogens is 1. The third-order valence-electron chi connectivity index (χ3n) is 3.26. The molecule has 0 spiro atoms. The van der Waals surface area contributed by atoms with E-state index in [2.05, 4.69) is 31.5 Å². The Labute approximate surface area is 154 Å². The maximum absolute atomic E-state index is 11.9. The number of nitrogens with one attached hydrogen (secondary N) is 2. The number of ether oxygens (including phenoxy) is 1. The minimum Gasteiger partial charge on any atom is -0.484 e. The molecule has 5 nitrogen and oxygen atoms in total. The number of hydrogen-bond acceptors (Lipinski definition) is 4. The summed E-state index contributed by atoms with van der Waals surface area (Å²) in [6.07, 6.45) is 1.66. The van der Waals surface area contributed by atoms with Crippen molar-refractivity contribution in [3.05, 3.63) is 77.4 Å². The molecule has 0 aliphatic heterocycles. The Kier molecular flexibility index (Phi) is 5.64. The van der Waals surface area contributed by atoms with Crippen LogP contribution in [0.15, 0.2) is 77.4 Å². The number of benzene rings is 2. The number of amides is 1. The molecule has 0 aliphatic carbocycles. The average molecular weight is 398 g/mol. The van der Waals surface area contributed by atoms with Crippen LogP contribution in [0.2, 0.25) is 0 Å². The third kappa shape index (κ3) is 5.32. The monoisotopic (exact) mass is 397 g/mol. The molecule has 3 aromatic rings. The number of carbonyl (C=O) groups is 1. The molecule has 0 atom stereocenters. The normalized spacial score (nSPS) is 10.1. The summed E-state index contributed by atoms with van der Waals surface area (Å²) in [5.74, 6) is 0.865. The quantitative estimate of drug-likeness (QED) is 0.637. The first-order valence-electron chi connectivity index (χ1n) is 7.65. The van der Waals surface area contributed by atoms with E-state index in [1.807, 2.05) is 48.5 Å². The van der Waals surface area contributed by atoms with Crippen LogP contribution in [0.25, 0.3) is 0 Å². The fraction of sp³-hybridized carbons (Fsp3) is 0.0526. The molecule has 0 unspecified atom stereocenters. The highest BCUT2D eigenvalue weighted by molar-refractivity contribution is 9.10. The number of rotatable bonds is 6. The number of hydrogen-bond donors (Lipinski definition) is 2. The van der Waals surface area contributed by atoms with Gasteiger partial charge in [0, 0.05) is 10.2 Å². The average Bonchev–Trinajstić information content (AvgIpc) is 2.63. The molecule has 0 radical (unpaired) electrons. The number of para-hydroxylation sites is 1. The maximum atomic E-state index is 11.9. The summed E-state index contributed by atoms with van der Waals surface area (Å²) in [6, 6.07) is 20.6. The highest BCUT2D eigenvalue weighted by Gasteiger charge is 2.05. The van der Waals surface area contributed by atoms with Crippen molar-refractivity contribution in [2.45, 2.75) is 0 Å². The van der Waals surface area contributed by atoms with Crippen LogP contribution in [0.4, 0.5) is 17.2 Å². The summed E-state index contributed by atoms with van der Waals surface area (Å²) >= 11 is 3.43. The molecule has 1 amide bonds. The minimum absolute atomic E-state index is 0.0657. The Morgan fingerprint density at radius 1 is 1.00 bits per heavy atom. The lowest BCUT2D eigenvalue weighted by Crippen LogP contribution is -2.20. The largest absolute Gasteiger partial charge is 0.484 e. The number of nitrogens with zero attached hydrogens (tertiary/aromatic N) is 1. The molecular formula is C19H16BrN3O2. The summed E-state index contributed by atoms with van der Waals surface area (Å²) in [5, 5.41) is 5.94. The van der Waals surface area contributed by atoms with E-state index in [1.54, 1.807) is 24.4 Å². The van der Waals surface area contributed by atoms with Crippen molar-refractivity contribution in [3.8, 4) is 5.75 Å². The molecule has 0 fully saturated rings. The molecule has 1 aromatic heterocycles. The number of anilines is 3. The van der Waals surface area contributed by atoms with Gasteiger partial charge in [0.2, 0.25) is 0 Å². The van der Waals surface area contributed by atoms with Gasteiger partial charge in [-0.3, -0.25) is 4.79 Å². The highest BCUT2D eigenvalue weighted by Crippen LogP contribution is 2.20. The van der Waals surface area contributed by atoms with E-state index >= 15 is 0 Å². The molecule has 2 aromatic carbocycles. The fourth-order valence-corrected chi connectivity index (χ4v) is 2.52. The molecule has 0 saturated carbocycles. The first-order chi connectivity index (χ1) is 12.2. The van der Waals surface area contributed by atoms with Crippen LogP contribution in [0.3, 0.4) is 0 Å². The molecule has 126 valence electrons. The Balaban J connectivity index is 1.52. The van der Waals surface area contributed by atoms with Crippen LogP contribution in [-0.2, 0) is 4.79 Å². The van der Waals surface area contributed by atoms with E-state index in [1.165, 1.54) is 0 Å². The predicted octanol–water partition coefficient (Wildman–Crippen LogP) is 4.61. The van der Waals surface area contributed by atoms with Gasteiger partial charge in [0.05, 0.1) is 11.9 Å². The van der Waals surface area contributed by atoms with E-state index in [0.717, 1.165) is 15.8 Å². The van der Waals surface area contributed by atoms with Crippen molar-refractivity contribution in [3.63, 3.8) is 0 Å². The van der Waals surface area contributed by atoms with Gasteiger partial charge in [-0.25, -0.2) is 4.98 Å². The first kappa shape index (κ1) is 17.0. The van der Waals surface area contributed by atoms with Gasteiger partial charge in [0.15, 0.2) is 6.61 Å². The standard InChI is InChI=1S/C19H16BrN3O2/c20-14-5-4-6-15(11-14)22-16-9-10-18(21-12-16)23-19(24)13-25-17-7-2-1-3-8-17/h1-12,22H,13H2,(H,21,23,24). The second kappa shape index (κ2) is 8.30. The van der Waals surface area contributed by atoms with Crippen LogP contribution >= 0.6 is 15.9 Å². The zero-order valence-corrected chi connectivity index (χ0v) is 14.9. The van der Waals surface area contributed by atoms with E-state index in [9.17, 15) is 4.79 Å². The minimum atomic E-state index is -0.260. The number of aromatic nitrogens is 1. The van der Waals surface area contributed by atoms with Gasteiger partial charge >= 0.3 is 0 Å². The van der Waals surface area contributed by atoms with Crippen molar-refractivity contribution in [1.29, 1.82) is 0 Å². The van der Waals surface area contributed by atoms with E-state index in [-0.39, 0.29) is 12.5 Å². The fourth-order valence-electron chi connectivity index (χ4n) is 2.12. The summed E-state index contributed by atoms with van der Waals surface area (Å²) in [7, 11) is 0. The first-order valence-corrected chi connectivity index (χ1v) is 8.45. The zero-order chi connectivity index (χ0) is 17.5.